The van der Waals surface area contributed by atoms with Crippen molar-refractivity contribution in [2.75, 3.05) is 7.11 Å². The maximum Gasteiger partial charge on any atom is 0.343 e. The first-order valence-electron chi connectivity index (χ1n) is 13.2. The molecule has 0 unspecified atom stereocenters. The van der Waals surface area contributed by atoms with Crippen molar-refractivity contribution in [2.24, 2.45) is 5.92 Å². The summed E-state index contributed by atoms with van der Waals surface area (Å²) in [7, 11) is 1.47. The van der Waals surface area contributed by atoms with E-state index < -0.39 is 11.8 Å². The molecule has 40 heavy (non-hydrogen) atoms. The van der Waals surface area contributed by atoms with Gasteiger partial charge in [-0.2, -0.15) is 0 Å². The van der Waals surface area contributed by atoms with Crippen LogP contribution in [-0.4, -0.2) is 24.0 Å². The number of pyridine rings is 1. The molecule has 0 N–H and O–H groups in total. The van der Waals surface area contributed by atoms with Crippen molar-refractivity contribution in [3.63, 3.8) is 0 Å². The molecule has 1 atom stereocenters. The highest BCUT2D eigenvalue weighted by molar-refractivity contribution is 5.93. The number of halogens is 1. The highest BCUT2D eigenvalue weighted by Gasteiger charge is 2.34. The van der Waals surface area contributed by atoms with Gasteiger partial charge in [0.1, 0.15) is 18.2 Å². The zero-order valence-electron chi connectivity index (χ0n) is 22.4. The average Bonchev–Trinajstić information content (AvgIpc) is 3.81. The molecule has 0 aliphatic heterocycles. The summed E-state index contributed by atoms with van der Waals surface area (Å²) in [5, 5.41) is 0. The minimum atomic E-state index is -0.515. The van der Waals surface area contributed by atoms with Gasteiger partial charge in [0.15, 0.2) is 0 Å². The molecule has 1 aliphatic carbocycles. The Morgan fingerprint density at radius 1 is 1.00 bits per heavy atom. The number of ether oxygens (including phenoxy) is 3. The highest BCUT2D eigenvalue weighted by atomic mass is 19.1. The van der Waals surface area contributed by atoms with Crippen LogP contribution in [-0.2, 0) is 16.1 Å². The Morgan fingerprint density at radius 3 is 2.52 bits per heavy atom. The van der Waals surface area contributed by atoms with E-state index in [0.29, 0.717) is 39.8 Å². The molecule has 0 amide bonds. The molecule has 5 rings (SSSR count). The van der Waals surface area contributed by atoms with Crippen LogP contribution in [0.2, 0.25) is 0 Å². The van der Waals surface area contributed by atoms with Crippen molar-refractivity contribution < 1.29 is 28.2 Å². The first-order chi connectivity index (χ1) is 19.4. The van der Waals surface area contributed by atoms with Crippen LogP contribution in [0.5, 0.6) is 11.6 Å². The fourth-order valence-electron chi connectivity index (χ4n) is 4.82. The first kappa shape index (κ1) is 27.1. The van der Waals surface area contributed by atoms with E-state index in [0.717, 1.165) is 30.2 Å². The minimum absolute atomic E-state index is 0.00445. The van der Waals surface area contributed by atoms with Crippen LogP contribution in [0.1, 0.15) is 52.2 Å². The lowest BCUT2D eigenvalue weighted by Crippen LogP contribution is -2.13. The number of aromatic nitrogens is 1. The van der Waals surface area contributed by atoms with E-state index in [2.05, 4.69) is 4.98 Å². The van der Waals surface area contributed by atoms with E-state index >= 15 is 0 Å². The Morgan fingerprint density at radius 2 is 1.80 bits per heavy atom. The monoisotopic (exact) mass is 539 g/mol. The summed E-state index contributed by atoms with van der Waals surface area (Å²) in [5.74, 6) is -0.152. The van der Waals surface area contributed by atoms with Crippen LogP contribution in [0.4, 0.5) is 4.39 Å². The summed E-state index contributed by atoms with van der Waals surface area (Å²) in [6.45, 7) is 2.02. The van der Waals surface area contributed by atoms with Crippen LogP contribution < -0.4 is 9.47 Å². The number of rotatable bonds is 10. The zero-order chi connectivity index (χ0) is 28.1. The molecule has 3 aromatic carbocycles. The van der Waals surface area contributed by atoms with Gasteiger partial charge < -0.3 is 14.2 Å². The SMILES string of the molecule is COc1cc(-c2ccc(C(=O)Oc3cccc([C@@H](CC(=O)OCc4ccccc4)C4CC4)c3)c(C)c2)c(F)cn1. The van der Waals surface area contributed by atoms with Crippen LogP contribution in [0.3, 0.4) is 0 Å². The van der Waals surface area contributed by atoms with Gasteiger partial charge in [0.2, 0.25) is 5.88 Å². The number of methoxy groups -OCH3 is 1. The largest absolute Gasteiger partial charge is 0.481 e. The van der Waals surface area contributed by atoms with E-state index in [1.54, 1.807) is 31.2 Å². The molecule has 204 valence electrons. The van der Waals surface area contributed by atoms with Gasteiger partial charge in [-0.1, -0.05) is 54.6 Å². The number of nitrogens with zero attached hydrogens (tertiary/aromatic N) is 1. The Balaban J connectivity index is 1.27. The molecular weight excluding hydrogens is 509 g/mol. The fourth-order valence-corrected chi connectivity index (χ4v) is 4.82. The lowest BCUT2D eigenvalue weighted by molar-refractivity contribution is -0.145. The molecule has 0 saturated heterocycles. The molecule has 4 aromatic rings. The molecule has 0 radical (unpaired) electrons. The standard InChI is InChI=1S/C33H30FNO5/c1-21-15-25(29-17-31(38-2)35-19-30(29)34)13-14-27(21)33(37)40-26-10-6-9-24(16-26)28(23-11-12-23)18-32(36)39-20-22-7-4-3-5-8-22/h3-10,13-17,19,23,28H,11-12,18,20H2,1-2H3/t28-/m0/s1. The normalized spacial score (nSPS) is 13.4. The predicted octanol–water partition coefficient (Wildman–Crippen LogP) is 7.05. The van der Waals surface area contributed by atoms with Crippen molar-refractivity contribution in [2.45, 2.75) is 38.7 Å². The number of aryl methyl sites for hydroxylation is 1. The van der Waals surface area contributed by atoms with E-state index in [9.17, 15) is 14.0 Å². The van der Waals surface area contributed by atoms with Crippen LogP contribution >= 0.6 is 0 Å². The Bertz CT molecular complexity index is 1520. The number of benzene rings is 3. The topological polar surface area (TPSA) is 74.7 Å². The van der Waals surface area contributed by atoms with Crippen molar-refractivity contribution in [3.8, 4) is 22.8 Å². The molecule has 0 spiro atoms. The second kappa shape index (κ2) is 12.1. The summed E-state index contributed by atoms with van der Waals surface area (Å²) < 4.78 is 30.8. The van der Waals surface area contributed by atoms with Gasteiger partial charge in [0, 0.05) is 11.6 Å². The molecule has 1 fully saturated rings. The summed E-state index contributed by atoms with van der Waals surface area (Å²) in [6.07, 6.45) is 3.48. The first-order valence-corrected chi connectivity index (χ1v) is 13.2. The number of carbonyl (C=O) groups excluding carboxylic acids is 2. The quantitative estimate of drug-likeness (QED) is 0.159. The van der Waals surface area contributed by atoms with Crippen LogP contribution in [0, 0.1) is 18.7 Å². The lowest BCUT2D eigenvalue weighted by Gasteiger charge is -2.17. The molecular formula is C33H30FNO5. The summed E-state index contributed by atoms with van der Waals surface area (Å²) >= 11 is 0. The van der Waals surface area contributed by atoms with Crippen molar-refractivity contribution in [1.29, 1.82) is 0 Å². The Kier molecular flexibility index (Phi) is 8.20. The van der Waals surface area contributed by atoms with Crippen LogP contribution in [0.25, 0.3) is 11.1 Å². The van der Waals surface area contributed by atoms with Gasteiger partial charge in [0.05, 0.1) is 25.3 Å². The van der Waals surface area contributed by atoms with Gasteiger partial charge in [0.25, 0.3) is 0 Å². The summed E-state index contributed by atoms with van der Waals surface area (Å²) in [6, 6.07) is 23.5. The smallest absolute Gasteiger partial charge is 0.343 e. The molecule has 1 aliphatic rings. The average molecular weight is 540 g/mol. The molecule has 1 heterocycles. The minimum Gasteiger partial charge on any atom is -0.481 e. The van der Waals surface area contributed by atoms with E-state index in [1.807, 2.05) is 48.5 Å². The third-order valence-electron chi connectivity index (χ3n) is 7.11. The lowest BCUT2D eigenvalue weighted by atomic mass is 9.91. The second-order valence-electron chi connectivity index (χ2n) is 9.99. The maximum absolute atomic E-state index is 14.4. The number of hydrogen-bond acceptors (Lipinski definition) is 6. The highest BCUT2D eigenvalue weighted by Crippen LogP contribution is 2.45. The predicted molar refractivity (Wildman–Crippen MR) is 149 cm³/mol. The molecule has 1 saturated carbocycles. The Labute approximate surface area is 232 Å². The summed E-state index contributed by atoms with van der Waals surface area (Å²) in [4.78, 5) is 29.6. The zero-order valence-corrected chi connectivity index (χ0v) is 22.4. The van der Waals surface area contributed by atoms with Gasteiger partial charge in [-0.15, -0.1) is 0 Å². The third kappa shape index (κ3) is 6.54. The molecule has 0 bridgehead atoms. The summed E-state index contributed by atoms with van der Waals surface area (Å²) in [5.41, 5.74) is 3.83. The van der Waals surface area contributed by atoms with Gasteiger partial charge in [-0.3, -0.25) is 4.79 Å². The van der Waals surface area contributed by atoms with Crippen molar-refractivity contribution in [3.05, 3.63) is 113 Å². The molecule has 6 nitrogen and oxygen atoms in total. The molecule has 1 aromatic heterocycles. The number of hydrogen-bond donors (Lipinski definition) is 0. The Hall–Kier alpha value is -4.52. The van der Waals surface area contributed by atoms with Gasteiger partial charge in [-0.05, 0) is 72.1 Å². The number of carbonyl (C=O) groups is 2. The fraction of sp³-hybridized carbons (Fsp3) is 0.242. The third-order valence-corrected chi connectivity index (χ3v) is 7.11. The number of esters is 2. The van der Waals surface area contributed by atoms with Gasteiger partial charge >= 0.3 is 11.9 Å². The van der Waals surface area contributed by atoms with Crippen LogP contribution in [0.15, 0.2) is 85.1 Å². The van der Waals surface area contributed by atoms with Gasteiger partial charge in [-0.25, -0.2) is 14.2 Å². The van der Waals surface area contributed by atoms with E-state index in [1.165, 1.54) is 13.2 Å². The van der Waals surface area contributed by atoms with Crippen molar-refractivity contribution in [1.82, 2.24) is 4.98 Å². The molecule has 7 heteroatoms. The van der Waals surface area contributed by atoms with E-state index in [4.69, 9.17) is 14.2 Å². The maximum atomic E-state index is 14.4. The van der Waals surface area contributed by atoms with Crippen molar-refractivity contribution >= 4 is 11.9 Å². The van der Waals surface area contributed by atoms with E-state index in [-0.39, 0.29) is 24.9 Å². The second-order valence-corrected chi connectivity index (χ2v) is 9.99.